The second-order valence-corrected chi connectivity index (χ2v) is 4.01. The first-order chi connectivity index (χ1) is 8.83. The number of anilines is 2. The van der Waals surface area contributed by atoms with Crippen LogP contribution in [0.2, 0.25) is 0 Å². The van der Waals surface area contributed by atoms with Crippen LogP contribution < -0.4 is 11.1 Å². The fourth-order valence-electron chi connectivity index (χ4n) is 1.87. The van der Waals surface area contributed by atoms with E-state index >= 15 is 0 Å². The highest BCUT2D eigenvalue weighted by molar-refractivity contribution is 5.87. The molecule has 18 heavy (non-hydrogen) atoms. The van der Waals surface area contributed by atoms with Gasteiger partial charge in [-0.15, -0.1) is 0 Å². The third kappa shape index (κ3) is 1.98. The quantitative estimate of drug-likeness (QED) is 0.654. The minimum Gasteiger partial charge on any atom is -0.368 e. The monoisotopic (exact) mass is 239 g/mol. The van der Waals surface area contributed by atoms with Crippen molar-refractivity contribution in [1.82, 2.24) is 15.0 Å². The Morgan fingerprint density at radius 2 is 1.94 bits per heavy atom. The van der Waals surface area contributed by atoms with Crippen LogP contribution in [0.25, 0.3) is 11.0 Å². The summed E-state index contributed by atoms with van der Waals surface area (Å²) >= 11 is 0. The minimum absolute atomic E-state index is 0.264. The maximum absolute atomic E-state index is 5.67. The molecular formula is C13H13N5. The predicted octanol–water partition coefficient (Wildman–Crippen LogP) is 2.15. The number of nitrogens with one attached hydrogen (secondary N) is 2. The molecule has 1 aromatic carbocycles. The van der Waals surface area contributed by atoms with Gasteiger partial charge in [0.1, 0.15) is 11.5 Å². The van der Waals surface area contributed by atoms with E-state index in [4.69, 9.17) is 5.73 Å². The maximum Gasteiger partial charge on any atom is 0.223 e. The molecule has 2 heterocycles. The molecule has 4 N–H and O–H groups in total. The van der Waals surface area contributed by atoms with Gasteiger partial charge in [-0.05, 0) is 11.6 Å². The second kappa shape index (κ2) is 4.37. The Kier molecular flexibility index (Phi) is 2.57. The lowest BCUT2D eigenvalue weighted by molar-refractivity contribution is 1.11. The maximum atomic E-state index is 5.67. The largest absolute Gasteiger partial charge is 0.368 e. The molecule has 0 saturated heterocycles. The fourth-order valence-corrected chi connectivity index (χ4v) is 1.87. The average molecular weight is 239 g/mol. The van der Waals surface area contributed by atoms with Crippen LogP contribution in [0.4, 0.5) is 11.8 Å². The Bertz CT molecular complexity index is 659. The molecule has 5 nitrogen and oxygen atoms in total. The van der Waals surface area contributed by atoms with E-state index in [2.05, 4.69) is 32.4 Å². The minimum atomic E-state index is 0.264. The molecule has 0 atom stereocenters. The molecule has 0 amide bonds. The number of aromatic amines is 1. The fraction of sp³-hybridized carbons (Fsp3) is 0.0769. The first kappa shape index (κ1) is 10.6. The van der Waals surface area contributed by atoms with E-state index in [9.17, 15) is 0 Å². The summed E-state index contributed by atoms with van der Waals surface area (Å²) in [6, 6.07) is 12.1. The molecule has 0 aliphatic carbocycles. The highest BCUT2D eigenvalue weighted by Gasteiger charge is 2.06. The smallest absolute Gasteiger partial charge is 0.223 e. The van der Waals surface area contributed by atoms with Crippen molar-refractivity contribution in [3.05, 3.63) is 48.2 Å². The van der Waals surface area contributed by atoms with Crippen molar-refractivity contribution < 1.29 is 0 Å². The SMILES string of the molecule is Nc1nc(NCc2ccccc2)c2cc[nH]c2n1. The van der Waals surface area contributed by atoms with E-state index in [-0.39, 0.29) is 5.95 Å². The van der Waals surface area contributed by atoms with Gasteiger partial charge in [0.05, 0.1) is 5.39 Å². The third-order valence-electron chi connectivity index (χ3n) is 2.74. The van der Waals surface area contributed by atoms with Crippen LogP contribution in [0.1, 0.15) is 5.56 Å². The summed E-state index contributed by atoms with van der Waals surface area (Å²) in [6.45, 7) is 0.706. The van der Waals surface area contributed by atoms with Crippen molar-refractivity contribution in [2.75, 3.05) is 11.1 Å². The van der Waals surface area contributed by atoms with Crippen LogP contribution in [-0.2, 0) is 6.54 Å². The Morgan fingerprint density at radius 1 is 1.11 bits per heavy atom. The van der Waals surface area contributed by atoms with Crippen molar-refractivity contribution in [3.63, 3.8) is 0 Å². The van der Waals surface area contributed by atoms with Gasteiger partial charge in [0.15, 0.2) is 0 Å². The number of fused-ring (bicyclic) bond motifs is 1. The number of rotatable bonds is 3. The van der Waals surface area contributed by atoms with Crippen LogP contribution in [0.5, 0.6) is 0 Å². The summed E-state index contributed by atoms with van der Waals surface area (Å²) in [5.41, 5.74) is 7.61. The van der Waals surface area contributed by atoms with Crippen molar-refractivity contribution in [1.29, 1.82) is 0 Å². The van der Waals surface area contributed by atoms with E-state index in [0.29, 0.717) is 6.54 Å². The number of benzene rings is 1. The van der Waals surface area contributed by atoms with Gasteiger partial charge in [-0.3, -0.25) is 0 Å². The number of H-pyrrole nitrogens is 1. The Hall–Kier alpha value is -2.56. The van der Waals surface area contributed by atoms with Crippen LogP contribution in [0.15, 0.2) is 42.6 Å². The van der Waals surface area contributed by atoms with Crippen LogP contribution in [0, 0.1) is 0 Å². The molecule has 0 aliphatic rings. The topological polar surface area (TPSA) is 79.6 Å². The average Bonchev–Trinajstić information content (AvgIpc) is 2.85. The number of nitrogens with zero attached hydrogens (tertiary/aromatic N) is 2. The predicted molar refractivity (Wildman–Crippen MR) is 72.1 cm³/mol. The number of hydrogen-bond donors (Lipinski definition) is 3. The van der Waals surface area contributed by atoms with E-state index < -0.39 is 0 Å². The lowest BCUT2D eigenvalue weighted by Gasteiger charge is -2.07. The molecule has 90 valence electrons. The standard InChI is InChI=1S/C13H13N5/c14-13-17-11-10(6-7-15-11)12(18-13)16-8-9-4-2-1-3-5-9/h1-7H,8H2,(H4,14,15,16,17,18). The number of aromatic nitrogens is 3. The molecule has 2 aromatic heterocycles. The van der Waals surface area contributed by atoms with Crippen molar-refractivity contribution in [3.8, 4) is 0 Å². The zero-order chi connectivity index (χ0) is 12.4. The van der Waals surface area contributed by atoms with Gasteiger partial charge in [-0.2, -0.15) is 9.97 Å². The number of hydrogen-bond acceptors (Lipinski definition) is 4. The van der Waals surface area contributed by atoms with Gasteiger partial charge in [0, 0.05) is 12.7 Å². The van der Waals surface area contributed by atoms with E-state index in [1.165, 1.54) is 5.56 Å². The number of nitrogen functional groups attached to an aromatic ring is 1. The second-order valence-electron chi connectivity index (χ2n) is 4.01. The Morgan fingerprint density at radius 3 is 2.78 bits per heavy atom. The first-order valence-electron chi connectivity index (χ1n) is 5.71. The van der Waals surface area contributed by atoms with Gasteiger partial charge >= 0.3 is 0 Å². The highest BCUT2D eigenvalue weighted by atomic mass is 15.1. The summed E-state index contributed by atoms with van der Waals surface area (Å²) < 4.78 is 0. The zero-order valence-electron chi connectivity index (χ0n) is 9.72. The Balaban J connectivity index is 1.88. The van der Waals surface area contributed by atoms with Gasteiger partial charge in [-0.1, -0.05) is 30.3 Å². The summed E-state index contributed by atoms with van der Waals surface area (Å²) in [6.07, 6.45) is 1.83. The van der Waals surface area contributed by atoms with Gasteiger partial charge in [0.25, 0.3) is 0 Å². The highest BCUT2D eigenvalue weighted by Crippen LogP contribution is 2.20. The van der Waals surface area contributed by atoms with Gasteiger partial charge in [0.2, 0.25) is 5.95 Å². The van der Waals surface area contributed by atoms with E-state index in [1.54, 1.807) is 0 Å². The lowest BCUT2D eigenvalue weighted by atomic mass is 10.2. The molecule has 0 bridgehead atoms. The molecule has 0 unspecified atom stereocenters. The first-order valence-corrected chi connectivity index (χ1v) is 5.71. The molecule has 0 spiro atoms. The van der Waals surface area contributed by atoms with Crippen LogP contribution in [0.3, 0.4) is 0 Å². The summed E-state index contributed by atoms with van der Waals surface area (Å²) in [5, 5.41) is 4.22. The van der Waals surface area contributed by atoms with Crippen LogP contribution >= 0.6 is 0 Å². The van der Waals surface area contributed by atoms with Gasteiger partial charge < -0.3 is 16.0 Å². The molecule has 0 fully saturated rings. The van der Waals surface area contributed by atoms with Crippen molar-refractivity contribution >= 4 is 22.8 Å². The van der Waals surface area contributed by atoms with Crippen molar-refractivity contribution in [2.24, 2.45) is 0 Å². The molecule has 0 aliphatic heterocycles. The summed E-state index contributed by atoms with van der Waals surface area (Å²) in [5.74, 6) is 1.02. The third-order valence-corrected chi connectivity index (χ3v) is 2.74. The van der Waals surface area contributed by atoms with E-state index in [0.717, 1.165) is 16.9 Å². The van der Waals surface area contributed by atoms with Crippen LogP contribution in [-0.4, -0.2) is 15.0 Å². The number of nitrogens with two attached hydrogens (primary N) is 1. The molecule has 0 radical (unpaired) electrons. The summed E-state index contributed by atoms with van der Waals surface area (Å²) in [7, 11) is 0. The van der Waals surface area contributed by atoms with Gasteiger partial charge in [-0.25, -0.2) is 0 Å². The van der Waals surface area contributed by atoms with Crippen molar-refractivity contribution in [2.45, 2.75) is 6.54 Å². The zero-order valence-corrected chi connectivity index (χ0v) is 9.72. The normalized spacial score (nSPS) is 10.7. The molecule has 5 heteroatoms. The molecular weight excluding hydrogens is 226 g/mol. The molecule has 3 aromatic rings. The molecule has 0 saturated carbocycles. The Labute approximate surface area is 104 Å². The lowest BCUT2D eigenvalue weighted by Crippen LogP contribution is -2.04. The molecule has 3 rings (SSSR count). The van der Waals surface area contributed by atoms with E-state index in [1.807, 2.05) is 30.5 Å². The summed E-state index contributed by atoms with van der Waals surface area (Å²) in [4.78, 5) is 11.4.